The van der Waals surface area contributed by atoms with E-state index >= 15 is 0 Å². The molecule has 0 amide bonds. The molecule has 0 saturated carbocycles. The summed E-state index contributed by atoms with van der Waals surface area (Å²) in [6.07, 6.45) is 0. The Morgan fingerprint density at radius 2 is 1.63 bits per heavy atom. The van der Waals surface area contributed by atoms with Crippen molar-refractivity contribution in [2.75, 3.05) is 5.32 Å². The molecule has 0 spiro atoms. The minimum absolute atomic E-state index is 0.0314. The molecule has 0 atom stereocenters. The van der Waals surface area contributed by atoms with Gasteiger partial charge in [0.1, 0.15) is 11.6 Å². The van der Waals surface area contributed by atoms with Crippen LogP contribution in [0.25, 0.3) is 0 Å². The van der Waals surface area contributed by atoms with Gasteiger partial charge in [-0.15, -0.1) is 0 Å². The highest BCUT2D eigenvalue weighted by atomic mass is 19.1. The minimum Gasteiger partial charge on any atom is -0.381 e. The predicted molar refractivity (Wildman–Crippen MR) is 66.8 cm³/mol. The zero-order chi connectivity index (χ0) is 13.8. The summed E-state index contributed by atoms with van der Waals surface area (Å²) in [5, 5.41) is 13.3. The number of rotatable bonds is 4. The largest absolute Gasteiger partial charge is 0.381 e. The average molecular weight is 264 g/mol. The molecule has 0 fully saturated rings. The summed E-state index contributed by atoms with van der Waals surface area (Å²) in [4.78, 5) is 9.95. The van der Waals surface area contributed by atoms with Crippen LogP contribution in [-0.4, -0.2) is 4.92 Å². The van der Waals surface area contributed by atoms with Crippen molar-refractivity contribution in [1.29, 1.82) is 0 Å². The Morgan fingerprint density at radius 3 is 2.16 bits per heavy atom. The molecule has 2 aromatic carbocycles. The van der Waals surface area contributed by atoms with Gasteiger partial charge in [-0.1, -0.05) is 6.07 Å². The number of hydrogen-bond acceptors (Lipinski definition) is 3. The van der Waals surface area contributed by atoms with E-state index in [0.717, 1.165) is 0 Å². The van der Waals surface area contributed by atoms with E-state index in [1.165, 1.54) is 42.5 Å². The molecule has 1 N–H and O–H groups in total. The lowest BCUT2D eigenvalue weighted by atomic mass is 10.2. The van der Waals surface area contributed by atoms with Crippen molar-refractivity contribution in [3.05, 3.63) is 69.8 Å². The maximum Gasteiger partial charge on any atom is 0.269 e. The zero-order valence-corrected chi connectivity index (χ0v) is 9.77. The van der Waals surface area contributed by atoms with Gasteiger partial charge >= 0.3 is 0 Å². The molecule has 0 aromatic heterocycles. The maximum atomic E-state index is 13.4. The number of hydrogen-bond donors (Lipinski definition) is 1. The van der Waals surface area contributed by atoms with E-state index in [-0.39, 0.29) is 17.8 Å². The lowest BCUT2D eigenvalue weighted by molar-refractivity contribution is -0.384. The van der Waals surface area contributed by atoms with Crippen LogP contribution in [0.3, 0.4) is 0 Å². The molecule has 6 heteroatoms. The van der Waals surface area contributed by atoms with Crippen LogP contribution in [0.4, 0.5) is 20.2 Å². The smallest absolute Gasteiger partial charge is 0.269 e. The third kappa shape index (κ3) is 3.04. The molecule has 0 aliphatic heterocycles. The Balaban J connectivity index is 2.08. The van der Waals surface area contributed by atoms with Gasteiger partial charge in [-0.05, 0) is 24.3 Å². The Kier molecular flexibility index (Phi) is 3.70. The van der Waals surface area contributed by atoms with E-state index in [1.54, 1.807) is 0 Å². The molecular weight excluding hydrogens is 254 g/mol. The SMILES string of the molecule is O=[N+]([O-])c1ccc(NCc2c(F)cccc2F)cc1. The van der Waals surface area contributed by atoms with Crippen LogP contribution >= 0.6 is 0 Å². The molecule has 0 unspecified atom stereocenters. The zero-order valence-electron chi connectivity index (χ0n) is 9.77. The molecule has 2 aromatic rings. The first kappa shape index (κ1) is 12.9. The molecule has 98 valence electrons. The Bertz CT molecular complexity index is 580. The summed E-state index contributed by atoms with van der Waals surface area (Å²) in [7, 11) is 0. The fourth-order valence-electron chi connectivity index (χ4n) is 1.59. The average Bonchev–Trinajstić information content (AvgIpc) is 2.38. The molecule has 2 rings (SSSR count). The summed E-state index contributed by atoms with van der Waals surface area (Å²) >= 11 is 0. The molecule has 4 nitrogen and oxygen atoms in total. The normalized spacial score (nSPS) is 10.2. The quantitative estimate of drug-likeness (QED) is 0.679. The third-order valence-corrected chi connectivity index (χ3v) is 2.61. The number of anilines is 1. The topological polar surface area (TPSA) is 55.2 Å². The number of benzene rings is 2. The first-order valence-corrected chi connectivity index (χ1v) is 5.49. The highest BCUT2D eigenvalue weighted by Crippen LogP contribution is 2.18. The first-order valence-electron chi connectivity index (χ1n) is 5.49. The van der Waals surface area contributed by atoms with E-state index in [2.05, 4.69) is 5.32 Å². The van der Waals surface area contributed by atoms with Crippen LogP contribution in [0.1, 0.15) is 5.56 Å². The van der Waals surface area contributed by atoms with Crippen LogP contribution in [0.5, 0.6) is 0 Å². The van der Waals surface area contributed by atoms with E-state index < -0.39 is 16.6 Å². The van der Waals surface area contributed by atoms with Crippen LogP contribution in [0.15, 0.2) is 42.5 Å². The van der Waals surface area contributed by atoms with Gasteiger partial charge in [-0.3, -0.25) is 10.1 Å². The van der Waals surface area contributed by atoms with Gasteiger partial charge < -0.3 is 5.32 Å². The van der Waals surface area contributed by atoms with Gasteiger partial charge in [-0.2, -0.15) is 0 Å². The summed E-state index contributed by atoms with van der Waals surface area (Å²) in [5.74, 6) is -1.26. The fraction of sp³-hybridized carbons (Fsp3) is 0.0769. The Morgan fingerprint density at radius 1 is 1.05 bits per heavy atom. The van der Waals surface area contributed by atoms with Crippen LogP contribution < -0.4 is 5.32 Å². The van der Waals surface area contributed by atoms with Gasteiger partial charge in [0.05, 0.1) is 4.92 Å². The lowest BCUT2D eigenvalue weighted by Gasteiger charge is -2.08. The monoisotopic (exact) mass is 264 g/mol. The molecule has 0 aliphatic rings. The van der Waals surface area contributed by atoms with Crippen molar-refractivity contribution < 1.29 is 13.7 Å². The molecule has 0 bridgehead atoms. The summed E-state index contributed by atoms with van der Waals surface area (Å²) in [5.41, 5.74) is 0.441. The second-order valence-corrected chi connectivity index (χ2v) is 3.86. The van der Waals surface area contributed by atoms with E-state index in [4.69, 9.17) is 0 Å². The van der Waals surface area contributed by atoms with Crippen molar-refractivity contribution in [2.24, 2.45) is 0 Å². The van der Waals surface area contributed by atoms with E-state index in [0.29, 0.717) is 5.69 Å². The number of non-ortho nitro benzene ring substituents is 1. The van der Waals surface area contributed by atoms with Gasteiger partial charge in [0.2, 0.25) is 0 Å². The molecule has 0 heterocycles. The van der Waals surface area contributed by atoms with Gasteiger partial charge in [0, 0.05) is 29.9 Å². The first-order chi connectivity index (χ1) is 9.08. The Hall–Kier alpha value is -2.50. The number of nitrogens with one attached hydrogen (secondary N) is 1. The van der Waals surface area contributed by atoms with Crippen LogP contribution in [-0.2, 0) is 6.54 Å². The van der Waals surface area contributed by atoms with Gasteiger partial charge in [0.15, 0.2) is 0 Å². The summed E-state index contributed by atoms with van der Waals surface area (Å²) in [6, 6.07) is 9.25. The standard InChI is InChI=1S/C13H10F2N2O2/c14-12-2-1-3-13(15)11(12)8-16-9-4-6-10(7-5-9)17(18)19/h1-7,16H,8H2. The molecule has 0 saturated heterocycles. The van der Waals surface area contributed by atoms with Crippen LogP contribution in [0, 0.1) is 21.7 Å². The van der Waals surface area contributed by atoms with Crippen molar-refractivity contribution in [3.8, 4) is 0 Å². The highest BCUT2D eigenvalue weighted by Gasteiger charge is 2.08. The maximum absolute atomic E-state index is 13.4. The number of nitrogens with zero attached hydrogens (tertiary/aromatic N) is 1. The third-order valence-electron chi connectivity index (χ3n) is 2.61. The van der Waals surface area contributed by atoms with Gasteiger partial charge in [0.25, 0.3) is 5.69 Å². The van der Waals surface area contributed by atoms with E-state index in [9.17, 15) is 18.9 Å². The Labute approximate surface area is 107 Å². The van der Waals surface area contributed by atoms with Crippen molar-refractivity contribution in [3.63, 3.8) is 0 Å². The predicted octanol–water partition coefficient (Wildman–Crippen LogP) is 3.49. The lowest BCUT2D eigenvalue weighted by Crippen LogP contribution is -2.04. The summed E-state index contributed by atoms with van der Waals surface area (Å²) in [6.45, 7) is -0.0314. The summed E-state index contributed by atoms with van der Waals surface area (Å²) < 4.78 is 26.7. The second kappa shape index (κ2) is 5.43. The molecular formula is C13H10F2N2O2. The van der Waals surface area contributed by atoms with Crippen LogP contribution in [0.2, 0.25) is 0 Å². The number of halogens is 2. The van der Waals surface area contributed by atoms with Crippen molar-refractivity contribution in [2.45, 2.75) is 6.54 Å². The number of nitro groups is 1. The molecule has 19 heavy (non-hydrogen) atoms. The molecule has 0 radical (unpaired) electrons. The fourth-order valence-corrected chi connectivity index (χ4v) is 1.59. The minimum atomic E-state index is -0.630. The van der Waals surface area contributed by atoms with E-state index in [1.807, 2.05) is 0 Å². The second-order valence-electron chi connectivity index (χ2n) is 3.86. The molecule has 0 aliphatic carbocycles. The number of nitro benzene ring substituents is 1. The van der Waals surface area contributed by atoms with Gasteiger partial charge in [-0.25, -0.2) is 8.78 Å². The van der Waals surface area contributed by atoms with Crippen molar-refractivity contribution in [1.82, 2.24) is 0 Å². The highest BCUT2D eigenvalue weighted by molar-refractivity contribution is 5.48. The van der Waals surface area contributed by atoms with Crippen molar-refractivity contribution >= 4 is 11.4 Å².